The van der Waals surface area contributed by atoms with Gasteiger partial charge in [-0.25, -0.2) is 0 Å². The van der Waals surface area contributed by atoms with Gasteiger partial charge < -0.3 is 4.74 Å². The minimum Gasteiger partial charge on any atom is -0.489 e. The summed E-state index contributed by atoms with van der Waals surface area (Å²) in [7, 11) is 0. The number of hydrogen-bond donors (Lipinski definition) is 0. The lowest BCUT2D eigenvalue weighted by molar-refractivity contribution is -0.210. The normalized spacial score (nSPS) is 24.3. The highest BCUT2D eigenvalue weighted by atomic mass is 35.5. The van der Waals surface area contributed by atoms with Crippen LogP contribution in [0.15, 0.2) is 18.2 Å². The topological polar surface area (TPSA) is 9.23 Å². The van der Waals surface area contributed by atoms with Crippen LogP contribution >= 0.6 is 11.6 Å². The zero-order valence-electron chi connectivity index (χ0n) is 9.22. The van der Waals surface area contributed by atoms with Crippen molar-refractivity contribution >= 4 is 11.6 Å². The molecule has 0 saturated heterocycles. The van der Waals surface area contributed by atoms with Crippen molar-refractivity contribution in [1.82, 2.24) is 0 Å². The van der Waals surface area contributed by atoms with E-state index in [1.54, 1.807) is 12.1 Å². The Morgan fingerprint density at radius 1 is 1.29 bits per heavy atom. The molecule has 1 fully saturated rings. The molecule has 0 amide bonds. The lowest BCUT2D eigenvalue weighted by Gasteiger charge is -2.36. The molecule has 0 heterocycles. The average molecular weight is 265 g/mol. The van der Waals surface area contributed by atoms with Crippen molar-refractivity contribution in [3.05, 3.63) is 28.8 Å². The van der Waals surface area contributed by atoms with E-state index < -0.39 is 12.1 Å². The number of rotatable bonds is 2. The second kappa shape index (κ2) is 4.41. The van der Waals surface area contributed by atoms with E-state index in [2.05, 4.69) is 0 Å². The zero-order chi connectivity index (χ0) is 12.6. The van der Waals surface area contributed by atoms with Crippen LogP contribution in [-0.2, 0) is 0 Å². The fourth-order valence-corrected chi connectivity index (χ4v) is 2.09. The van der Waals surface area contributed by atoms with Gasteiger partial charge in [-0.2, -0.15) is 13.2 Å². The third kappa shape index (κ3) is 2.86. The van der Waals surface area contributed by atoms with Gasteiger partial charge in [0, 0.05) is 0 Å². The molecule has 0 radical (unpaired) electrons. The number of ether oxygens (including phenoxy) is 1. The SMILES string of the molecule is Cc1ccc(OC2CC(C(F)(F)F)C2)c(Cl)c1. The summed E-state index contributed by atoms with van der Waals surface area (Å²) in [5.41, 5.74) is 0.990. The van der Waals surface area contributed by atoms with E-state index in [1.807, 2.05) is 13.0 Å². The highest BCUT2D eigenvalue weighted by Crippen LogP contribution is 2.43. The second-order valence-corrected chi connectivity index (χ2v) is 4.79. The van der Waals surface area contributed by atoms with E-state index >= 15 is 0 Å². The number of aryl methyl sites for hydroxylation is 1. The predicted octanol–water partition coefficient (Wildman–Crippen LogP) is 4.37. The molecule has 17 heavy (non-hydrogen) atoms. The lowest BCUT2D eigenvalue weighted by Crippen LogP contribution is -2.42. The summed E-state index contributed by atoms with van der Waals surface area (Å²) in [5.74, 6) is -0.764. The highest BCUT2D eigenvalue weighted by Gasteiger charge is 2.48. The van der Waals surface area contributed by atoms with Crippen molar-refractivity contribution in [3.63, 3.8) is 0 Å². The van der Waals surface area contributed by atoms with Crippen LogP contribution in [0.4, 0.5) is 13.2 Å². The van der Waals surface area contributed by atoms with Crippen LogP contribution in [0.1, 0.15) is 18.4 Å². The van der Waals surface area contributed by atoms with Crippen LogP contribution in [0.3, 0.4) is 0 Å². The molecule has 1 aromatic rings. The minimum absolute atomic E-state index is 0.0215. The maximum absolute atomic E-state index is 12.3. The summed E-state index contributed by atoms with van der Waals surface area (Å²) in [6.45, 7) is 1.89. The van der Waals surface area contributed by atoms with Crippen LogP contribution in [0, 0.1) is 12.8 Å². The van der Waals surface area contributed by atoms with Crippen LogP contribution in [0.5, 0.6) is 5.75 Å². The molecule has 0 bridgehead atoms. The third-order valence-electron chi connectivity index (χ3n) is 2.94. The van der Waals surface area contributed by atoms with Crippen LogP contribution < -0.4 is 4.74 Å². The van der Waals surface area contributed by atoms with E-state index in [4.69, 9.17) is 16.3 Å². The Morgan fingerprint density at radius 3 is 2.47 bits per heavy atom. The Hall–Kier alpha value is -0.900. The molecular formula is C12H12ClF3O. The smallest absolute Gasteiger partial charge is 0.392 e. The Bertz CT molecular complexity index is 411. The van der Waals surface area contributed by atoms with E-state index in [-0.39, 0.29) is 18.9 Å². The van der Waals surface area contributed by atoms with E-state index in [0.717, 1.165) is 5.56 Å². The van der Waals surface area contributed by atoms with Crippen molar-refractivity contribution in [3.8, 4) is 5.75 Å². The first-order chi connectivity index (χ1) is 7.86. The van der Waals surface area contributed by atoms with Gasteiger partial charge in [-0.3, -0.25) is 0 Å². The van der Waals surface area contributed by atoms with E-state index in [0.29, 0.717) is 10.8 Å². The van der Waals surface area contributed by atoms with Gasteiger partial charge in [0.15, 0.2) is 0 Å². The number of halogens is 4. The second-order valence-electron chi connectivity index (χ2n) is 4.38. The molecule has 0 N–H and O–H groups in total. The molecule has 2 rings (SSSR count). The maximum atomic E-state index is 12.3. The monoisotopic (exact) mass is 264 g/mol. The first-order valence-corrected chi connectivity index (χ1v) is 5.73. The Balaban J connectivity index is 1.92. The molecule has 5 heteroatoms. The number of hydrogen-bond acceptors (Lipinski definition) is 1. The molecular weight excluding hydrogens is 253 g/mol. The van der Waals surface area contributed by atoms with Crippen LogP contribution in [0.25, 0.3) is 0 Å². The quantitative estimate of drug-likeness (QED) is 0.771. The summed E-state index contributed by atoms with van der Waals surface area (Å²) in [6, 6.07) is 5.25. The van der Waals surface area contributed by atoms with Gasteiger partial charge in [0.05, 0.1) is 17.0 Å². The van der Waals surface area contributed by atoms with Crippen molar-refractivity contribution < 1.29 is 17.9 Å². The standard InChI is InChI=1S/C12H12ClF3O/c1-7-2-3-11(10(13)4-7)17-9-5-8(6-9)12(14,15)16/h2-4,8-9H,5-6H2,1H3. The maximum Gasteiger partial charge on any atom is 0.392 e. The largest absolute Gasteiger partial charge is 0.489 e. The van der Waals surface area contributed by atoms with E-state index in [1.165, 1.54) is 0 Å². The molecule has 0 spiro atoms. The highest BCUT2D eigenvalue weighted by molar-refractivity contribution is 6.32. The third-order valence-corrected chi connectivity index (χ3v) is 3.23. The summed E-state index contributed by atoms with van der Waals surface area (Å²) in [5, 5.41) is 0.445. The van der Waals surface area contributed by atoms with Gasteiger partial charge >= 0.3 is 6.18 Å². The number of benzene rings is 1. The average Bonchev–Trinajstić information content (AvgIpc) is 2.11. The van der Waals surface area contributed by atoms with E-state index in [9.17, 15) is 13.2 Å². The van der Waals surface area contributed by atoms with Gasteiger partial charge in [0.1, 0.15) is 5.75 Å². The summed E-state index contributed by atoms with van der Waals surface area (Å²) in [4.78, 5) is 0. The summed E-state index contributed by atoms with van der Waals surface area (Å²) < 4.78 is 42.2. The zero-order valence-corrected chi connectivity index (χ0v) is 9.98. The van der Waals surface area contributed by atoms with Crippen molar-refractivity contribution in [2.24, 2.45) is 5.92 Å². The molecule has 1 aliphatic carbocycles. The molecule has 0 atom stereocenters. The molecule has 0 aliphatic heterocycles. The van der Waals surface area contributed by atoms with Crippen molar-refractivity contribution in [2.75, 3.05) is 0 Å². The van der Waals surface area contributed by atoms with Crippen LogP contribution in [0.2, 0.25) is 5.02 Å². The Morgan fingerprint density at radius 2 is 1.94 bits per heavy atom. The predicted molar refractivity (Wildman–Crippen MR) is 59.4 cm³/mol. The van der Waals surface area contributed by atoms with Crippen molar-refractivity contribution in [2.45, 2.75) is 32.0 Å². The minimum atomic E-state index is -4.10. The molecule has 94 valence electrons. The first-order valence-electron chi connectivity index (χ1n) is 5.36. The lowest BCUT2D eigenvalue weighted by atomic mass is 9.82. The molecule has 1 nitrogen and oxygen atoms in total. The Kier molecular flexibility index (Phi) is 3.25. The Labute approximate surface area is 103 Å². The summed E-state index contributed by atoms with van der Waals surface area (Å²) in [6.07, 6.45) is -4.43. The fraction of sp³-hybridized carbons (Fsp3) is 0.500. The molecule has 0 aromatic heterocycles. The molecule has 1 saturated carbocycles. The summed E-state index contributed by atoms with van der Waals surface area (Å²) >= 11 is 5.93. The molecule has 1 aliphatic rings. The van der Waals surface area contributed by atoms with Crippen molar-refractivity contribution in [1.29, 1.82) is 0 Å². The molecule has 0 unspecified atom stereocenters. The van der Waals surface area contributed by atoms with Gasteiger partial charge in [-0.05, 0) is 37.5 Å². The van der Waals surface area contributed by atoms with Gasteiger partial charge in [-0.1, -0.05) is 17.7 Å². The van der Waals surface area contributed by atoms with Gasteiger partial charge in [-0.15, -0.1) is 0 Å². The van der Waals surface area contributed by atoms with Crippen LogP contribution in [-0.4, -0.2) is 12.3 Å². The number of alkyl halides is 3. The van der Waals surface area contributed by atoms with Gasteiger partial charge in [0.2, 0.25) is 0 Å². The fourth-order valence-electron chi connectivity index (χ4n) is 1.81. The first kappa shape index (κ1) is 12.6. The van der Waals surface area contributed by atoms with Gasteiger partial charge in [0.25, 0.3) is 0 Å². The molecule has 1 aromatic carbocycles.